The number of aromatic nitrogens is 1. The highest BCUT2D eigenvalue weighted by Crippen LogP contribution is 2.11. The molecule has 1 aromatic carbocycles. The molecule has 4 heteroatoms. The minimum Gasteiger partial charge on any atom is -0.338 e. The van der Waals surface area contributed by atoms with Gasteiger partial charge in [0.15, 0.2) is 0 Å². The lowest BCUT2D eigenvalue weighted by Gasteiger charge is -2.15. The van der Waals surface area contributed by atoms with Crippen molar-refractivity contribution in [2.45, 2.75) is 6.54 Å². The normalized spacial score (nSPS) is 10.7. The van der Waals surface area contributed by atoms with Crippen LogP contribution in [0.15, 0.2) is 54.9 Å². The molecule has 0 N–H and O–H groups in total. The van der Waals surface area contributed by atoms with Crippen molar-refractivity contribution in [3.05, 3.63) is 71.0 Å². The van der Waals surface area contributed by atoms with E-state index in [4.69, 9.17) is 11.6 Å². The third-order valence-corrected chi connectivity index (χ3v) is 3.06. The van der Waals surface area contributed by atoms with Crippen LogP contribution >= 0.6 is 11.6 Å². The second-order valence-electron chi connectivity index (χ2n) is 4.44. The molecule has 0 radical (unpaired) electrons. The van der Waals surface area contributed by atoms with E-state index in [-0.39, 0.29) is 5.91 Å². The smallest absolute Gasteiger partial charge is 0.246 e. The Kier molecular flexibility index (Phi) is 4.91. The summed E-state index contributed by atoms with van der Waals surface area (Å²) in [5.41, 5.74) is 1.95. The highest BCUT2D eigenvalue weighted by atomic mass is 35.5. The summed E-state index contributed by atoms with van der Waals surface area (Å²) in [5, 5.41) is 0.694. The highest BCUT2D eigenvalue weighted by Gasteiger charge is 2.05. The van der Waals surface area contributed by atoms with E-state index < -0.39 is 0 Å². The van der Waals surface area contributed by atoms with Crippen LogP contribution in [-0.2, 0) is 11.3 Å². The van der Waals surface area contributed by atoms with Crippen molar-refractivity contribution in [2.24, 2.45) is 0 Å². The van der Waals surface area contributed by atoms with Gasteiger partial charge in [-0.15, -0.1) is 0 Å². The molecule has 0 spiro atoms. The first-order valence-electron chi connectivity index (χ1n) is 6.23. The van der Waals surface area contributed by atoms with Gasteiger partial charge < -0.3 is 4.90 Å². The van der Waals surface area contributed by atoms with E-state index in [1.807, 2.05) is 36.4 Å². The molecular formula is C16H15ClN2O. The van der Waals surface area contributed by atoms with Crippen molar-refractivity contribution in [1.82, 2.24) is 9.88 Å². The van der Waals surface area contributed by atoms with Crippen LogP contribution in [0.2, 0.25) is 5.02 Å². The summed E-state index contributed by atoms with van der Waals surface area (Å²) in [5.74, 6) is -0.0520. The van der Waals surface area contributed by atoms with Gasteiger partial charge in [0, 0.05) is 37.1 Å². The van der Waals surface area contributed by atoms with Crippen LogP contribution in [-0.4, -0.2) is 22.8 Å². The Bertz CT molecular complexity index is 594. The maximum Gasteiger partial charge on any atom is 0.246 e. The maximum atomic E-state index is 12.0. The van der Waals surface area contributed by atoms with Gasteiger partial charge in [-0.05, 0) is 35.4 Å². The molecule has 0 saturated heterocycles. The number of likely N-dealkylation sites (N-methyl/N-ethyl adjacent to an activating group) is 1. The lowest BCUT2D eigenvalue weighted by atomic mass is 10.2. The van der Waals surface area contributed by atoms with Crippen molar-refractivity contribution in [2.75, 3.05) is 7.05 Å². The Hall–Kier alpha value is -2.13. The number of benzene rings is 1. The lowest BCUT2D eigenvalue weighted by Crippen LogP contribution is -2.24. The van der Waals surface area contributed by atoms with Crippen LogP contribution in [0.3, 0.4) is 0 Å². The molecule has 0 bridgehead atoms. The lowest BCUT2D eigenvalue weighted by molar-refractivity contribution is -0.125. The van der Waals surface area contributed by atoms with Crippen molar-refractivity contribution in [3.8, 4) is 0 Å². The molecule has 20 heavy (non-hydrogen) atoms. The number of halogens is 1. The molecule has 0 unspecified atom stereocenters. The van der Waals surface area contributed by atoms with Crippen molar-refractivity contribution < 1.29 is 4.79 Å². The van der Waals surface area contributed by atoms with Crippen molar-refractivity contribution in [3.63, 3.8) is 0 Å². The number of carbonyl (C=O) groups excluding carboxylic acids is 1. The first-order valence-corrected chi connectivity index (χ1v) is 6.60. The monoisotopic (exact) mass is 286 g/mol. The Balaban J connectivity index is 1.95. The van der Waals surface area contributed by atoms with Crippen LogP contribution in [0.1, 0.15) is 11.1 Å². The fraction of sp³-hybridized carbons (Fsp3) is 0.125. The molecule has 0 aliphatic carbocycles. The Morgan fingerprint density at radius 3 is 2.70 bits per heavy atom. The summed E-state index contributed by atoms with van der Waals surface area (Å²) < 4.78 is 0. The number of carbonyl (C=O) groups is 1. The molecule has 0 fully saturated rings. The molecule has 2 aromatic rings. The van der Waals surface area contributed by atoms with E-state index >= 15 is 0 Å². The first kappa shape index (κ1) is 14.3. The summed E-state index contributed by atoms with van der Waals surface area (Å²) >= 11 is 5.83. The SMILES string of the molecule is CN(Cc1ccc(Cl)cc1)C(=O)/C=C/c1cccnc1. The third-order valence-electron chi connectivity index (χ3n) is 2.81. The van der Waals surface area contributed by atoms with Crippen LogP contribution in [0.4, 0.5) is 0 Å². The van der Waals surface area contributed by atoms with Gasteiger partial charge in [-0.25, -0.2) is 0 Å². The minimum absolute atomic E-state index is 0.0520. The summed E-state index contributed by atoms with van der Waals surface area (Å²) in [6.07, 6.45) is 6.72. The van der Waals surface area contributed by atoms with Crippen LogP contribution in [0.5, 0.6) is 0 Å². The van der Waals surface area contributed by atoms with Gasteiger partial charge in [0.2, 0.25) is 5.91 Å². The minimum atomic E-state index is -0.0520. The molecule has 2 rings (SSSR count). The fourth-order valence-electron chi connectivity index (χ4n) is 1.71. The van der Waals surface area contributed by atoms with Gasteiger partial charge in [-0.3, -0.25) is 9.78 Å². The second-order valence-corrected chi connectivity index (χ2v) is 4.88. The molecule has 0 aliphatic rings. The molecule has 0 atom stereocenters. The zero-order valence-corrected chi connectivity index (χ0v) is 11.9. The molecule has 1 amide bonds. The molecule has 0 aliphatic heterocycles. The van der Waals surface area contributed by atoms with E-state index in [1.165, 1.54) is 0 Å². The third kappa shape index (κ3) is 4.21. The van der Waals surface area contributed by atoms with E-state index in [0.29, 0.717) is 11.6 Å². The second kappa shape index (κ2) is 6.87. The van der Waals surface area contributed by atoms with Gasteiger partial charge in [0.1, 0.15) is 0 Å². The quantitative estimate of drug-likeness (QED) is 0.807. The Morgan fingerprint density at radius 1 is 1.30 bits per heavy atom. The molecule has 3 nitrogen and oxygen atoms in total. The average molecular weight is 287 g/mol. The number of nitrogens with zero attached hydrogens (tertiary/aromatic N) is 2. The van der Waals surface area contributed by atoms with Crippen LogP contribution in [0.25, 0.3) is 6.08 Å². The maximum absolute atomic E-state index is 12.0. The fourth-order valence-corrected chi connectivity index (χ4v) is 1.84. The largest absolute Gasteiger partial charge is 0.338 e. The summed E-state index contributed by atoms with van der Waals surface area (Å²) in [6.45, 7) is 0.549. The number of amides is 1. The predicted molar refractivity (Wildman–Crippen MR) is 81.2 cm³/mol. The zero-order chi connectivity index (χ0) is 14.4. The van der Waals surface area contributed by atoms with Gasteiger partial charge in [-0.1, -0.05) is 29.8 Å². The number of hydrogen-bond acceptors (Lipinski definition) is 2. The van der Waals surface area contributed by atoms with Crippen LogP contribution < -0.4 is 0 Å². The number of hydrogen-bond donors (Lipinski definition) is 0. The van der Waals surface area contributed by atoms with Gasteiger partial charge in [0.25, 0.3) is 0 Å². The van der Waals surface area contributed by atoms with E-state index in [1.54, 1.807) is 36.5 Å². The predicted octanol–water partition coefficient (Wildman–Crippen LogP) is 3.41. The molecule has 0 saturated carbocycles. The standard InChI is InChI=1S/C16H15ClN2O/c1-19(12-14-4-7-15(17)8-5-14)16(20)9-6-13-3-2-10-18-11-13/h2-11H,12H2,1H3/b9-6+. The zero-order valence-electron chi connectivity index (χ0n) is 11.2. The summed E-state index contributed by atoms with van der Waals surface area (Å²) in [7, 11) is 1.77. The molecule has 1 heterocycles. The highest BCUT2D eigenvalue weighted by molar-refractivity contribution is 6.30. The average Bonchev–Trinajstić information content (AvgIpc) is 2.48. The summed E-state index contributed by atoms with van der Waals surface area (Å²) in [6, 6.07) is 11.2. The Labute approximate surface area is 123 Å². The van der Waals surface area contributed by atoms with Gasteiger partial charge >= 0.3 is 0 Å². The van der Waals surface area contributed by atoms with E-state index in [2.05, 4.69) is 4.98 Å². The van der Waals surface area contributed by atoms with Crippen molar-refractivity contribution in [1.29, 1.82) is 0 Å². The molecule has 102 valence electrons. The van der Waals surface area contributed by atoms with Gasteiger partial charge in [0.05, 0.1) is 0 Å². The molecular weight excluding hydrogens is 272 g/mol. The molecule has 1 aromatic heterocycles. The van der Waals surface area contributed by atoms with Crippen molar-refractivity contribution >= 4 is 23.6 Å². The number of pyridine rings is 1. The van der Waals surface area contributed by atoms with Crippen LogP contribution in [0, 0.1) is 0 Å². The van der Waals surface area contributed by atoms with E-state index in [9.17, 15) is 4.79 Å². The first-order chi connectivity index (χ1) is 9.65. The summed E-state index contributed by atoms with van der Waals surface area (Å²) in [4.78, 5) is 17.6. The topological polar surface area (TPSA) is 33.2 Å². The van der Waals surface area contributed by atoms with E-state index in [0.717, 1.165) is 11.1 Å². The van der Waals surface area contributed by atoms with Gasteiger partial charge in [-0.2, -0.15) is 0 Å². The Morgan fingerprint density at radius 2 is 2.05 bits per heavy atom. The number of rotatable bonds is 4.